The van der Waals surface area contributed by atoms with Gasteiger partial charge in [-0.2, -0.15) is 10.2 Å². The van der Waals surface area contributed by atoms with Crippen molar-refractivity contribution in [3.05, 3.63) is 95.6 Å². The molecule has 5 aromatic rings. The number of carbonyl (C=O) groups is 2. The van der Waals surface area contributed by atoms with E-state index in [1.807, 2.05) is 26.8 Å². The summed E-state index contributed by atoms with van der Waals surface area (Å²) in [4.78, 5) is 24.1. The quantitative estimate of drug-likeness (QED) is 0.199. The number of ether oxygens (including phenoxy) is 1. The zero-order valence-electron chi connectivity index (χ0n) is 23.5. The van der Waals surface area contributed by atoms with Crippen molar-refractivity contribution in [1.29, 1.82) is 0 Å². The SMILES string of the molecule is CC(C)(C)c1cc(NC(=O)NCc2cc(F)ccc2Oc2ccc3c(cnn3CCO)c2)n(-c2ccc(C=O)cc2)n1. The highest BCUT2D eigenvalue weighted by atomic mass is 19.1. The van der Waals surface area contributed by atoms with Gasteiger partial charge >= 0.3 is 6.03 Å². The van der Waals surface area contributed by atoms with E-state index in [9.17, 15) is 19.1 Å². The highest BCUT2D eigenvalue weighted by Gasteiger charge is 2.22. The fourth-order valence-corrected chi connectivity index (χ4v) is 4.38. The fourth-order valence-electron chi connectivity index (χ4n) is 4.38. The minimum absolute atomic E-state index is 0.0100. The minimum Gasteiger partial charge on any atom is -0.457 e. The summed E-state index contributed by atoms with van der Waals surface area (Å²) in [6, 6.07) is 17.6. The van der Waals surface area contributed by atoms with Gasteiger partial charge in [-0.3, -0.25) is 14.8 Å². The Morgan fingerprint density at radius 2 is 1.86 bits per heavy atom. The molecule has 5 rings (SSSR count). The normalized spacial score (nSPS) is 11.5. The maximum absolute atomic E-state index is 14.2. The Morgan fingerprint density at radius 1 is 1.07 bits per heavy atom. The van der Waals surface area contributed by atoms with Gasteiger partial charge in [-0.25, -0.2) is 13.9 Å². The van der Waals surface area contributed by atoms with Crippen molar-refractivity contribution in [1.82, 2.24) is 24.9 Å². The summed E-state index contributed by atoms with van der Waals surface area (Å²) < 4.78 is 23.6. The number of carbonyl (C=O) groups excluding carboxylic acids is 2. The van der Waals surface area contributed by atoms with Crippen LogP contribution in [0.4, 0.5) is 15.0 Å². The summed E-state index contributed by atoms with van der Waals surface area (Å²) >= 11 is 0. The summed E-state index contributed by atoms with van der Waals surface area (Å²) in [5.74, 6) is 0.866. The van der Waals surface area contributed by atoms with Crippen LogP contribution in [0.1, 0.15) is 42.4 Å². The zero-order valence-corrected chi connectivity index (χ0v) is 23.5. The highest BCUT2D eigenvalue weighted by Crippen LogP contribution is 2.30. The van der Waals surface area contributed by atoms with Crippen molar-refractivity contribution in [3.8, 4) is 17.2 Å². The van der Waals surface area contributed by atoms with Gasteiger partial charge in [-0.15, -0.1) is 0 Å². The van der Waals surface area contributed by atoms with Crippen LogP contribution in [-0.2, 0) is 18.5 Å². The van der Waals surface area contributed by atoms with E-state index in [4.69, 9.17) is 4.74 Å². The van der Waals surface area contributed by atoms with Crippen LogP contribution in [0.15, 0.2) is 72.9 Å². The van der Waals surface area contributed by atoms with Crippen molar-refractivity contribution in [2.45, 2.75) is 39.3 Å². The summed E-state index contributed by atoms with van der Waals surface area (Å²) in [5.41, 5.74) is 2.97. The van der Waals surface area contributed by atoms with Crippen molar-refractivity contribution in [3.63, 3.8) is 0 Å². The predicted molar refractivity (Wildman–Crippen MR) is 157 cm³/mol. The lowest BCUT2D eigenvalue weighted by atomic mass is 9.92. The molecule has 2 amide bonds. The first-order valence-corrected chi connectivity index (χ1v) is 13.4. The number of nitrogens with one attached hydrogen (secondary N) is 2. The first kappa shape index (κ1) is 28.5. The Labute approximate surface area is 241 Å². The molecule has 0 unspecified atom stereocenters. The van der Waals surface area contributed by atoms with E-state index in [1.54, 1.807) is 58.0 Å². The Hall–Kier alpha value is -5.03. The van der Waals surface area contributed by atoms with Gasteiger partial charge in [0.05, 0.1) is 36.2 Å². The Balaban J connectivity index is 1.32. The number of hydrogen-bond acceptors (Lipinski definition) is 6. The lowest BCUT2D eigenvalue weighted by molar-refractivity contribution is 0.112. The van der Waals surface area contributed by atoms with E-state index in [0.717, 1.165) is 22.9 Å². The summed E-state index contributed by atoms with van der Waals surface area (Å²) in [6.45, 7) is 6.40. The molecule has 11 heteroatoms. The number of hydrogen-bond donors (Lipinski definition) is 3. The van der Waals surface area contributed by atoms with Gasteiger partial charge < -0.3 is 15.2 Å². The number of anilines is 1. The number of aliphatic hydroxyl groups excluding tert-OH is 1. The molecule has 42 heavy (non-hydrogen) atoms. The number of halogens is 1. The second-order valence-electron chi connectivity index (χ2n) is 10.8. The molecule has 216 valence electrons. The number of rotatable bonds is 9. The number of nitrogens with zero attached hydrogens (tertiary/aromatic N) is 4. The van der Waals surface area contributed by atoms with E-state index < -0.39 is 11.8 Å². The van der Waals surface area contributed by atoms with E-state index in [-0.39, 0.29) is 18.6 Å². The molecule has 0 spiro atoms. The highest BCUT2D eigenvalue weighted by molar-refractivity contribution is 5.89. The third kappa shape index (κ3) is 6.31. The number of aldehydes is 1. The lowest BCUT2D eigenvalue weighted by Crippen LogP contribution is -2.29. The number of urea groups is 1. The predicted octanol–water partition coefficient (Wildman–Crippen LogP) is 5.58. The zero-order chi connectivity index (χ0) is 29.9. The van der Waals surface area contributed by atoms with Crippen molar-refractivity contribution >= 4 is 29.0 Å². The summed E-state index contributed by atoms with van der Waals surface area (Å²) in [7, 11) is 0. The lowest BCUT2D eigenvalue weighted by Gasteiger charge is -2.14. The Morgan fingerprint density at radius 3 is 2.57 bits per heavy atom. The minimum atomic E-state index is -0.519. The number of fused-ring (bicyclic) bond motifs is 1. The molecule has 0 atom stereocenters. The van der Waals surface area contributed by atoms with Crippen molar-refractivity contribution in [2.75, 3.05) is 11.9 Å². The van der Waals surface area contributed by atoms with E-state index >= 15 is 0 Å². The molecule has 0 saturated carbocycles. The van der Waals surface area contributed by atoms with E-state index in [2.05, 4.69) is 20.8 Å². The number of aliphatic hydroxyl groups is 1. The van der Waals surface area contributed by atoms with E-state index in [1.165, 1.54) is 18.2 Å². The summed E-state index contributed by atoms with van der Waals surface area (Å²) in [5, 5.41) is 24.6. The molecular weight excluding hydrogens is 539 g/mol. The topological polar surface area (TPSA) is 123 Å². The van der Waals surface area contributed by atoms with Gasteiger partial charge in [-0.05, 0) is 60.7 Å². The largest absolute Gasteiger partial charge is 0.457 e. The molecule has 0 aliphatic carbocycles. The van der Waals surface area contributed by atoms with Gasteiger partial charge in [0.2, 0.25) is 0 Å². The average molecular weight is 571 g/mol. The van der Waals surface area contributed by atoms with Gasteiger partial charge in [0.1, 0.15) is 29.4 Å². The van der Waals surface area contributed by atoms with Crippen LogP contribution >= 0.6 is 0 Å². The molecule has 3 aromatic carbocycles. The van der Waals surface area contributed by atoms with Crippen molar-refractivity contribution < 1.29 is 23.8 Å². The van der Waals surface area contributed by atoms with Gasteiger partial charge in [0.15, 0.2) is 0 Å². The van der Waals surface area contributed by atoms with Crippen LogP contribution < -0.4 is 15.4 Å². The molecule has 0 aliphatic heterocycles. The van der Waals surface area contributed by atoms with Crippen LogP contribution in [0.25, 0.3) is 16.6 Å². The molecule has 0 aliphatic rings. The van der Waals surface area contributed by atoms with Crippen LogP contribution in [0, 0.1) is 5.82 Å². The molecular formula is C31H31FN6O4. The Bertz CT molecular complexity index is 1740. The van der Waals surface area contributed by atoms with Crippen LogP contribution in [-0.4, -0.2) is 43.6 Å². The molecule has 0 saturated heterocycles. The first-order chi connectivity index (χ1) is 20.1. The Kier molecular flexibility index (Phi) is 8.03. The smallest absolute Gasteiger partial charge is 0.320 e. The second kappa shape index (κ2) is 11.8. The molecule has 0 bridgehead atoms. The van der Waals surface area contributed by atoms with Crippen LogP contribution in [0.5, 0.6) is 11.5 Å². The summed E-state index contributed by atoms with van der Waals surface area (Å²) in [6.07, 6.45) is 2.44. The molecule has 2 heterocycles. The monoisotopic (exact) mass is 570 g/mol. The van der Waals surface area contributed by atoms with Crippen molar-refractivity contribution in [2.24, 2.45) is 0 Å². The third-order valence-electron chi connectivity index (χ3n) is 6.61. The molecule has 0 radical (unpaired) electrons. The fraction of sp³-hybridized carbons (Fsp3) is 0.226. The van der Waals surface area contributed by atoms with Crippen LogP contribution in [0.3, 0.4) is 0 Å². The molecule has 3 N–H and O–H groups in total. The van der Waals surface area contributed by atoms with Gasteiger partial charge in [-0.1, -0.05) is 20.8 Å². The number of amides is 2. The third-order valence-corrected chi connectivity index (χ3v) is 6.61. The van der Waals surface area contributed by atoms with Gasteiger partial charge in [0, 0.05) is 34.5 Å². The molecule has 2 aromatic heterocycles. The number of aromatic nitrogens is 4. The molecule has 0 fully saturated rings. The van der Waals surface area contributed by atoms with Crippen LogP contribution in [0.2, 0.25) is 0 Å². The van der Waals surface area contributed by atoms with E-state index in [0.29, 0.717) is 40.7 Å². The maximum atomic E-state index is 14.2. The second-order valence-corrected chi connectivity index (χ2v) is 10.8. The van der Waals surface area contributed by atoms with Gasteiger partial charge in [0.25, 0.3) is 0 Å². The first-order valence-electron chi connectivity index (χ1n) is 13.4. The standard InChI is InChI=1S/C31H31FN6O4/c1-31(2,3)28-16-29(38(36-28)24-7-4-20(19-40)5-8-24)35-30(41)33-17-22-14-23(32)6-11-27(22)42-25-9-10-26-21(15-25)18-34-37(26)12-13-39/h4-11,14-16,18-19,39H,12-13,17H2,1-3H3,(H2,33,35,41). The molecule has 10 nitrogen and oxygen atoms in total. The number of benzene rings is 3. The average Bonchev–Trinajstić information content (AvgIpc) is 3.57. The maximum Gasteiger partial charge on any atom is 0.320 e.